The second kappa shape index (κ2) is 4.40. The summed E-state index contributed by atoms with van der Waals surface area (Å²) >= 11 is 1.74. The molecule has 0 saturated heterocycles. The minimum atomic E-state index is 0.559. The van der Waals surface area contributed by atoms with E-state index in [0.29, 0.717) is 5.82 Å². The van der Waals surface area contributed by atoms with Gasteiger partial charge in [0.05, 0.1) is 6.26 Å². The van der Waals surface area contributed by atoms with E-state index in [2.05, 4.69) is 4.98 Å². The van der Waals surface area contributed by atoms with E-state index in [1.807, 2.05) is 25.1 Å². The topological polar surface area (TPSA) is 52.0 Å². The fourth-order valence-corrected chi connectivity index (χ4v) is 2.10. The molecule has 0 unspecified atom stereocenters. The minimum absolute atomic E-state index is 0.559. The highest BCUT2D eigenvalue weighted by molar-refractivity contribution is 7.98. The molecule has 0 atom stereocenters. The third-order valence-corrected chi connectivity index (χ3v) is 3.27. The Kier molecular flexibility index (Phi) is 2.97. The molecule has 0 radical (unpaired) electrons. The van der Waals surface area contributed by atoms with Gasteiger partial charge < -0.3 is 10.2 Å². The van der Waals surface area contributed by atoms with E-state index in [1.165, 1.54) is 4.90 Å². The van der Waals surface area contributed by atoms with Gasteiger partial charge in [-0.15, -0.1) is 11.8 Å². The lowest BCUT2D eigenvalue weighted by atomic mass is 10.3. The predicted octanol–water partition coefficient (Wildman–Crippen LogP) is 2.86. The molecule has 0 fully saturated rings. The number of nitrogens with zero attached hydrogens (tertiary/aromatic N) is 1. The van der Waals surface area contributed by atoms with Crippen molar-refractivity contribution in [2.24, 2.45) is 0 Å². The van der Waals surface area contributed by atoms with E-state index < -0.39 is 0 Å². The predicted molar refractivity (Wildman–Crippen MR) is 61.7 cm³/mol. The summed E-state index contributed by atoms with van der Waals surface area (Å²) in [6, 6.07) is 5.79. The molecule has 3 nitrogen and oxygen atoms in total. The van der Waals surface area contributed by atoms with Crippen LogP contribution < -0.4 is 5.73 Å². The van der Waals surface area contributed by atoms with Gasteiger partial charge in [0.1, 0.15) is 11.6 Å². The molecule has 78 valence electrons. The van der Waals surface area contributed by atoms with Crippen LogP contribution in [0.15, 0.2) is 40.0 Å². The number of nitrogens with two attached hydrogens (primary N) is 1. The monoisotopic (exact) mass is 220 g/mol. The maximum absolute atomic E-state index is 5.51. The van der Waals surface area contributed by atoms with Crippen molar-refractivity contribution < 1.29 is 4.42 Å². The number of thioether (sulfide) groups is 1. The van der Waals surface area contributed by atoms with Gasteiger partial charge in [0.15, 0.2) is 0 Å². The molecule has 0 aromatic carbocycles. The van der Waals surface area contributed by atoms with Crippen molar-refractivity contribution >= 4 is 17.6 Å². The van der Waals surface area contributed by atoms with Crippen LogP contribution in [0.2, 0.25) is 0 Å². The average molecular weight is 220 g/mol. The highest BCUT2D eigenvalue weighted by Gasteiger charge is 2.02. The molecule has 2 aromatic heterocycles. The summed E-state index contributed by atoms with van der Waals surface area (Å²) in [6.07, 6.45) is 3.51. The first kappa shape index (κ1) is 10.1. The Morgan fingerprint density at radius 2 is 2.27 bits per heavy atom. The number of anilines is 1. The van der Waals surface area contributed by atoms with Crippen molar-refractivity contribution in [3.05, 3.63) is 42.0 Å². The minimum Gasteiger partial charge on any atom is -0.468 e. The van der Waals surface area contributed by atoms with Gasteiger partial charge in [-0.1, -0.05) is 6.07 Å². The number of aromatic nitrogens is 1. The first-order valence-electron chi connectivity index (χ1n) is 4.63. The molecular weight excluding hydrogens is 208 g/mol. The summed E-state index contributed by atoms with van der Waals surface area (Å²) in [6.45, 7) is 1.96. The lowest BCUT2D eigenvalue weighted by molar-refractivity contribution is 0.527. The molecule has 0 aliphatic rings. The first-order valence-corrected chi connectivity index (χ1v) is 5.61. The number of furan rings is 1. The van der Waals surface area contributed by atoms with Gasteiger partial charge in [0, 0.05) is 16.8 Å². The van der Waals surface area contributed by atoms with Gasteiger partial charge >= 0.3 is 0 Å². The summed E-state index contributed by atoms with van der Waals surface area (Å²) in [7, 11) is 0. The Labute approximate surface area is 92.7 Å². The molecule has 0 spiro atoms. The number of rotatable bonds is 3. The van der Waals surface area contributed by atoms with E-state index in [1.54, 1.807) is 24.2 Å². The van der Waals surface area contributed by atoms with Crippen LogP contribution in [0, 0.1) is 6.92 Å². The molecular formula is C11H12N2OS. The number of aryl methyl sites for hydroxylation is 1. The third kappa shape index (κ3) is 2.53. The van der Waals surface area contributed by atoms with Crippen LogP contribution in [0.4, 0.5) is 5.82 Å². The molecule has 2 N–H and O–H groups in total. The van der Waals surface area contributed by atoms with Crippen LogP contribution in [0.5, 0.6) is 0 Å². The first-order chi connectivity index (χ1) is 7.25. The van der Waals surface area contributed by atoms with E-state index in [4.69, 9.17) is 10.2 Å². The number of nitrogen functional groups attached to an aromatic ring is 1. The van der Waals surface area contributed by atoms with E-state index in [0.717, 1.165) is 17.1 Å². The van der Waals surface area contributed by atoms with Crippen molar-refractivity contribution in [1.82, 2.24) is 4.98 Å². The summed E-state index contributed by atoms with van der Waals surface area (Å²) in [5.74, 6) is 2.40. The number of hydrogen-bond acceptors (Lipinski definition) is 4. The second-order valence-corrected chi connectivity index (χ2v) is 4.24. The van der Waals surface area contributed by atoms with Crippen LogP contribution in [0.1, 0.15) is 11.3 Å². The largest absolute Gasteiger partial charge is 0.468 e. The van der Waals surface area contributed by atoms with Gasteiger partial charge in [-0.25, -0.2) is 4.98 Å². The maximum Gasteiger partial charge on any atom is 0.123 e. The van der Waals surface area contributed by atoms with E-state index in [-0.39, 0.29) is 0 Å². The molecule has 0 amide bonds. The molecule has 2 rings (SSSR count). The van der Waals surface area contributed by atoms with Crippen molar-refractivity contribution in [1.29, 1.82) is 0 Å². The van der Waals surface area contributed by atoms with Gasteiger partial charge in [-0.2, -0.15) is 0 Å². The summed E-state index contributed by atoms with van der Waals surface area (Å²) in [5.41, 5.74) is 6.67. The SMILES string of the molecule is Cc1occc1SCc1ccc(N)nc1. The molecule has 15 heavy (non-hydrogen) atoms. The van der Waals surface area contributed by atoms with Crippen LogP contribution in [0.25, 0.3) is 0 Å². The highest BCUT2D eigenvalue weighted by Crippen LogP contribution is 2.26. The van der Waals surface area contributed by atoms with Gasteiger partial charge in [0.2, 0.25) is 0 Å². The molecule has 0 aliphatic heterocycles. The molecule has 2 aromatic rings. The average Bonchev–Trinajstić information content (AvgIpc) is 2.63. The van der Waals surface area contributed by atoms with Gasteiger partial charge in [0.25, 0.3) is 0 Å². The molecule has 0 bridgehead atoms. The van der Waals surface area contributed by atoms with Gasteiger partial charge in [-0.05, 0) is 24.6 Å². The lowest BCUT2D eigenvalue weighted by Crippen LogP contribution is -1.90. The van der Waals surface area contributed by atoms with E-state index in [9.17, 15) is 0 Å². The molecule has 0 aliphatic carbocycles. The highest BCUT2D eigenvalue weighted by atomic mass is 32.2. The normalized spacial score (nSPS) is 10.5. The van der Waals surface area contributed by atoms with E-state index >= 15 is 0 Å². The number of pyridine rings is 1. The Morgan fingerprint density at radius 3 is 2.87 bits per heavy atom. The van der Waals surface area contributed by atoms with Crippen molar-refractivity contribution in [3.63, 3.8) is 0 Å². The third-order valence-electron chi connectivity index (χ3n) is 2.05. The zero-order chi connectivity index (χ0) is 10.7. The maximum atomic E-state index is 5.51. The summed E-state index contributed by atoms with van der Waals surface area (Å²) < 4.78 is 5.22. The molecule has 0 saturated carbocycles. The Balaban J connectivity index is 1.99. The van der Waals surface area contributed by atoms with Gasteiger partial charge in [-0.3, -0.25) is 0 Å². The van der Waals surface area contributed by atoms with Crippen LogP contribution >= 0.6 is 11.8 Å². The standard InChI is InChI=1S/C11H12N2OS/c1-8-10(4-5-14-8)15-7-9-2-3-11(12)13-6-9/h2-6H,7H2,1H3,(H2,12,13). The zero-order valence-electron chi connectivity index (χ0n) is 8.43. The molecule has 4 heteroatoms. The Bertz CT molecular complexity index is 436. The van der Waals surface area contributed by atoms with Crippen molar-refractivity contribution in [2.45, 2.75) is 17.6 Å². The second-order valence-electron chi connectivity index (χ2n) is 3.22. The quantitative estimate of drug-likeness (QED) is 0.808. The summed E-state index contributed by atoms with van der Waals surface area (Å²) in [5, 5.41) is 0. The van der Waals surface area contributed by atoms with Crippen molar-refractivity contribution in [2.75, 3.05) is 5.73 Å². The van der Waals surface area contributed by atoms with Crippen LogP contribution in [-0.4, -0.2) is 4.98 Å². The number of hydrogen-bond donors (Lipinski definition) is 1. The Hall–Kier alpha value is -1.42. The zero-order valence-corrected chi connectivity index (χ0v) is 9.25. The fraction of sp³-hybridized carbons (Fsp3) is 0.182. The molecule has 2 heterocycles. The fourth-order valence-electron chi connectivity index (χ4n) is 1.21. The Morgan fingerprint density at radius 1 is 1.40 bits per heavy atom. The van der Waals surface area contributed by atoms with Crippen molar-refractivity contribution in [3.8, 4) is 0 Å². The smallest absolute Gasteiger partial charge is 0.123 e. The van der Waals surface area contributed by atoms with Crippen LogP contribution in [-0.2, 0) is 5.75 Å². The lowest BCUT2D eigenvalue weighted by Gasteiger charge is -2.00. The van der Waals surface area contributed by atoms with Crippen LogP contribution in [0.3, 0.4) is 0 Å². The summed E-state index contributed by atoms with van der Waals surface area (Å²) in [4.78, 5) is 5.22.